The summed E-state index contributed by atoms with van der Waals surface area (Å²) < 4.78 is 0. The van der Waals surface area contributed by atoms with Crippen LogP contribution in [0.4, 0.5) is 5.95 Å². The summed E-state index contributed by atoms with van der Waals surface area (Å²) in [6, 6.07) is 9.54. The van der Waals surface area contributed by atoms with Crippen molar-refractivity contribution in [2.75, 3.05) is 19.4 Å². The lowest BCUT2D eigenvalue weighted by molar-refractivity contribution is 0.221. The average molecular weight is 361 g/mol. The van der Waals surface area contributed by atoms with E-state index in [1.165, 1.54) is 31.2 Å². The molecule has 2 aromatic heterocycles. The van der Waals surface area contributed by atoms with Gasteiger partial charge < -0.3 is 10.2 Å². The van der Waals surface area contributed by atoms with Crippen molar-refractivity contribution in [3.63, 3.8) is 0 Å². The Bertz CT molecular complexity index is 929. The largest absolute Gasteiger partial charge is 0.351 e. The summed E-state index contributed by atoms with van der Waals surface area (Å²) in [5, 5.41) is 4.59. The first-order valence-corrected chi connectivity index (χ1v) is 9.71. The summed E-state index contributed by atoms with van der Waals surface area (Å²) in [6.07, 6.45) is 10.5. The predicted octanol–water partition coefficient (Wildman–Crippen LogP) is 4.28. The van der Waals surface area contributed by atoms with E-state index in [-0.39, 0.29) is 0 Å². The van der Waals surface area contributed by atoms with Gasteiger partial charge in [-0.05, 0) is 76.0 Å². The van der Waals surface area contributed by atoms with Crippen molar-refractivity contribution in [1.82, 2.24) is 19.9 Å². The molecule has 4 rings (SSSR count). The lowest BCUT2D eigenvalue weighted by Gasteiger charge is -2.32. The molecule has 0 bridgehead atoms. The highest BCUT2D eigenvalue weighted by molar-refractivity contribution is 5.85. The van der Waals surface area contributed by atoms with E-state index in [0.717, 1.165) is 28.0 Å². The lowest BCUT2D eigenvalue weighted by Crippen LogP contribution is -2.36. The second-order valence-corrected chi connectivity index (χ2v) is 7.77. The maximum atomic E-state index is 4.73. The van der Waals surface area contributed by atoms with E-state index >= 15 is 0 Å². The number of hydrogen-bond donors (Lipinski definition) is 1. The molecular formula is C22H27N5. The van der Waals surface area contributed by atoms with Crippen LogP contribution in [-0.4, -0.2) is 46.0 Å². The molecule has 0 spiro atoms. The van der Waals surface area contributed by atoms with Gasteiger partial charge in [-0.15, -0.1) is 0 Å². The maximum absolute atomic E-state index is 4.73. The molecule has 5 heteroatoms. The Kier molecular flexibility index (Phi) is 5.03. The first kappa shape index (κ1) is 17.9. The van der Waals surface area contributed by atoms with Crippen LogP contribution in [-0.2, 0) is 0 Å². The summed E-state index contributed by atoms with van der Waals surface area (Å²) >= 11 is 0. The number of pyridine rings is 1. The zero-order chi connectivity index (χ0) is 18.8. The van der Waals surface area contributed by atoms with E-state index in [2.05, 4.69) is 59.4 Å². The highest BCUT2D eigenvalue weighted by Crippen LogP contribution is 2.27. The van der Waals surface area contributed by atoms with Crippen LogP contribution in [0.2, 0.25) is 0 Å². The van der Waals surface area contributed by atoms with Crippen LogP contribution in [0, 0.1) is 6.92 Å². The SMILES string of the molecule is Cc1ccncc1-c1ccc2nc(N[C@H]3CC[C@H](N(C)C)CC3)ncc2c1. The first-order chi connectivity index (χ1) is 13.1. The molecule has 1 saturated carbocycles. The van der Waals surface area contributed by atoms with Gasteiger partial charge in [0.05, 0.1) is 5.52 Å². The third kappa shape index (κ3) is 3.93. The minimum absolute atomic E-state index is 0.468. The minimum atomic E-state index is 0.468. The van der Waals surface area contributed by atoms with E-state index < -0.39 is 0 Å². The van der Waals surface area contributed by atoms with Crippen LogP contribution in [0.25, 0.3) is 22.0 Å². The molecule has 5 nitrogen and oxygen atoms in total. The Labute approximate surface area is 160 Å². The normalized spacial score (nSPS) is 20.1. The number of aryl methyl sites for hydroxylation is 1. The van der Waals surface area contributed by atoms with Crippen LogP contribution >= 0.6 is 0 Å². The zero-order valence-corrected chi connectivity index (χ0v) is 16.3. The van der Waals surface area contributed by atoms with E-state index in [0.29, 0.717) is 12.1 Å². The molecule has 27 heavy (non-hydrogen) atoms. The molecule has 0 saturated heterocycles. The predicted molar refractivity (Wildman–Crippen MR) is 111 cm³/mol. The first-order valence-electron chi connectivity index (χ1n) is 9.71. The Morgan fingerprint density at radius 2 is 1.85 bits per heavy atom. The Morgan fingerprint density at radius 1 is 1.04 bits per heavy atom. The molecule has 1 aromatic carbocycles. The van der Waals surface area contributed by atoms with Gasteiger partial charge in [-0.3, -0.25) is 4.98 Å². The number of hydrogen-bond acceptors (Lipinski definition) is 5. The molecule has 0 atom stereocenters. The van der Waals surface area contributed by atoms with Gasteiger partial charge >= 0.3 is 0 Å². The van der Waals surface area contributed by atoms with Crippen LogP contribution < -0.4 is 5.32 Å². The highest BCUT2D eigenvalue weighted by Gasteiger charge is 2.22. The van der Waals surface area contributed by atoms with Crippen molar-refractivity contribution in [3.8, 4) is 11.1 Å². The summed E-state index contributed by atoms with van der Waals surface area (Å²) in [4.78, 5) is 15.9. The second-order valence-electron chi connectivity index (χ2n) is 7.77. The molecule has 1 aliphatic carbocycles. The monoisotopic (exact) mass is 361 g/mol. The molecule has 1 fully saturated rings. The molecule has 140 valence electrons. The van der Waals surface area contributed by atoms with E-state index in [9.17, 15) is 0 Å². The second kappa shape index (κ2) is 7.61. The molecular weight excluding hydrogens is 334 g/mol. The van der Waals surface area contributed by atoms with Gasteiger partial charge in [0.1, 0.15) is 0 Å². The number of aromatic nitrogens is 3. The van der Waals surface area contributed by atoms with Crippen molar-refractivity contribution in [3.05, 3.63) is 48.4 Å². The van der Waals surface area contributed by atoms with E-state index in [4.69, 9.17) is 4.98 Å². The van der Waals surface area contributed by atoms with Gasteiger partial charge in [0.15, 0.2) is 0 Å². The van der Waals surface area contributed by atoms with Gasteiger partial charge in [0, 0.05) is 41.6 Å². The number of nitrogens with zero attached hydrogens (tertiary/aromatic N) is 4. The van der Waals surface area contributed by atoms with Crippen LogP contribution in [0.1, 0.15) is 31.2 Å². The van der Waals surface area contributed by atoms with Crippen LogP contribution in [0.3, 0.4) is 0 Å². The fourth-order valence-electron chi connectivity index (χ4n) is 3.96. The Morgan fingerprint density at radius 3 is 2.59 bits per heavy atom. The molecule has 3 aromatic rings. The molecule has 0 unspecified atom stereocenters. The van der Waals surface area contributed by atoms with Crippen LogP contribution in [0.5, 0.6) is 0 Å². The standard InChI is InChI=1S/C22H27N5/c1-15-10-11-23-14-20(15)16-4-9-21-17(12-16)13-24-22(26-21)25-18-5-7-19(8-6-18)27(2)3/h4,9-14,18-19H,5-8H2,1-3H3,(H,24,25,26)/t18-,19-. The van der Waals surface area contributed by atoms with Crippen molar-refractivity contribution >= 4 is 16.9 Å². The number of benzene rings is 1. The average Bonchev–Trinajstić information content (AvgIpc) is 2.68. The molecule has 0 radical (unpaired) electrons. The number of fused-ring (bicyclic) bond motifs is 1. The molecule has 1 N–H and O–H groups in total. The minimum Gasteiger partial charge on any atom is -0.351 e. The van der Waals surface area contributed by atoms with Crippen LogP contribution in [0.15, 0.2) is 42.9 Å². The van der Waals surface area contributed by atoms with Gasteiger partial charge in [-0.25, -0.2) is 9.97 Å². The Balaban J connectivity index is 1.50. The quantitative estimate of drug-likeness (QED) is 0.751. The summed E-state index contributed by atoms with van der Waals surface area (Å²) in [6.45, 7) is 2.11. The van der Waals surface area contributed by atoms with Crippen molar-refractivity contribution in [1.29, 1.82) is 0 Å². The van der Waals surface area contributed by atoms with Gasteiger partial charge in [0.25, 0.3) is 0 Å². The van der Waals surface area contributed by atoms with Crippen molar-refractivity contribution in [2.24, 2.45) is 0 Å². The summed E-state index contributed by atoms with van der Waals surface area (Å²) in [5.41, 5.74) is 4.50. The fraction of sp³-hybridized carbons (Fsp3) is 0.409. The third-order valence-corrected chi connectivity index (χ3v) is 5.69. The van der Waals surface area contributed by atoms with Crippen molar-refractivity contribution < 1.29 is 0 Å². The van der Waals surface area contributed by atoms with Gasteiger partial charge in [0.2, 0.25) is 5.95 Å². The van der Waals surface area contributed by atoms with Crippen molar-refractivity contribution in [2.45, 2.75) is 44.7 Å². The Hall–Kier alpha value is -2.53. The van der Waals surface area contributed by atoms with Gasteiger partial charge in [-0.1, -0.05) is 6.07 Å². The number of nitrogens with one attached hydrogen (secondary N) is 1. The summed E-state index contributed by atoms with van der Waals surface area (Å²) in [7, 11) is 4.35. The zero-order valence-electron chi connectivity index (χ0n) is 16.3. The van der Waals surface area contributed by atoms with E-state index in [1.54, 1.807) is 0 Å². The number of rotatable bonds is 4. The van der Waals surface area contributed by atoms with E-state index in [1.807, 2.05) is 24.7 Å². The fourth-order valence-corrected chi connectivity index (χ4v) is 3.96. The molecule has 2 heterocycles. The third-order valence-electron chi connectivity index (χ3n) is 5.69. The summed E-state index contributed by atoms with van der Waals surface area (Å²) in [5.74, 6) is 0.737. The topological polar surface area (TPSA) is 53.9 Å². The highest BCUT2D eigenvalue weighted by atomic mass is 15.1. The number of anilines is 1. The molecule has 1 aliphatic rings. The lowest BCUT2D eigenvalue weighted by atomic mass is 9.91. The molecule has 0 amide bonds. The maximum Gasteiger partial charge on any atom is 0.223 e. The molecule has 0 aliphatic heterocycles. The van der Waals surface area contributed by atoms with Gasteiger partial charge in [-0.2, -0.15) is 0 Å². The smallest absolute Gasteiger partial charge is 0.223 e.